The molecule has 0 bridgehead atoms. The summed E-state index contributed by atoms with van der Waals surface area (Å²) in [5.41, 5.74) is 1.15. The second-order valence-corrected chi connectivity index (χ2v) is 5.78. The molecule has 0 atom stereocenters. The summed E-state index contributed by atoms with van der Waals surface area (Å²) in [5.74, 6) is 0. The molecule has 4 heteroatoms. The fourth-order valence-corrected chi connectivity index (χ4v) is 2.61. The lowest BCUT2D eigenvalue weighted by Gasteiger charge is -2.36. The van der Waals surface area contributed by atoms with Gasteiger partial charge in [-0.15, -0.1) is 0 Å². The molecule has 1 aromatic rings. The van der Waals surface area contributed by atoms with Gasteiger partial charge < -0.3 is 10.1 Å². The van der Waals surface area contributed by atoms with Crippen molar-refractivity contribution in [2.75, 3.05) is 11.9 Å². The van der Waals surface area contributed by atoms with Crippen LogP contribution < -0.4 is 5.32 Å². The van der Waals surface area contributed by atoms with Crippen LogP contribution in [0.5, 0.6) is 0 Å². The highest BCUT2D eigenvalue weighted by Gasteiger charge is 2.29. The summed E-state index contributed by atoms with van der Waals surface area (Å²) in [6.07, 6.45) is 2.66. The minimum absolute atomic E-state index is 0.452. The summed E-state index contributed by atoms with van der Waals surface area (Å²) in [7, 11) is 0. The number of rotatable bonds is 4. The predicted molar refractivity (Wildman–Crippen MR) is 73.9 cm³/mol. The van der Waals surface area contributed by atoms with Crippen LogP contribution in [-0.4, -0.2) is 18.8 Å². The maximum atomic E-state index is 5.54. The minimum Gasteiger partial charge on any atom is -0.381 e. The van der Waals surface area contributed by atoms with Crippen molar-refractivity contribution in [1.82, 2.24) is 0 Å². The fourth-order valence-electron chi connectivity index (χ4n) is 1.88. The van der Waals surface area contributed by atoms with Gasteiger partial charge in [0.05, 0.1) is 6.10 Å². The summed E-state index contributed by atoms with van der Waals surface area (Å²) in [6.45, 7) is 2.86. The highest BCUT2D eigenvalue weighted by Crippen LogP contribution is 2.31. The average molecular weight is 349 g/mol. The van der Waals surface area contributed by atoms with E-state index in [1.165, 1.54) is 0 Å². The first-order valence-corrected chi connectivity index (χ1v) is 7.11. The molecule has 0 spiro atoms. The van der Waals surface area contributed by atoms with Crippen LogP contribution >= 0.6 is 31.9 Å². The van der Waals surface area contributed by atoms with Gasteiger partial charge in [-0.05, 0) is 53.9 Å². The van der Waals surface area contributed by atoms with Gasteiger partial charge in [0.1, 0.15) is 0 Å². The number of benzene rings is 1. The molecule has 0 radical (unpaired) electrons. The lowest BCUT2D eigenvalue weighted by atomic mass is 9.89. The molecule has 0 amide bonds. The van der Waals surface area contributed by atoms with Gasteiger partial charge in [0.15, 0.2) is 0 Å². The van der Waals surface area contributed by atoms with Crippen molar-refractivity contribution in [2.24, 2.45) is 0 Å². The van der Waals surface area contributed by atoms with Crippen LogP contribution in [0.4, 0.5) is 5.69 Å². The quantitative estimate of drug-likeness (QED) is 0.880. The number of ether oxygens (including phenoxy) is 1. The van der Waals surface area contributed by atoms with Crippen LogP contribution in [0.2, 0.25) is 0 Å². The summed E-state index contributed by atoms with van der Waals surface area (Å²) in [4.78, 5) is 0. The van der Waals surface area contributed by atoms with Crippen LogP contribution in [0, 0.1) is 0 Å². The van der Waals surface area contributed by atoms with E-state index in [0.717, 1.165) is 34.1 Å². The Morgan fingerprint density at radius 3 is 2.81 bits per heavy atom. The molecule has 1 saturated carbocycles. The van der Waals surface area contributed by atoms with Crippen molar-refractivity contribution in [1.29, 1.82) is 0 Å². The van der Waals surface area contributed by atoms with Crippen LogP contribution in [0.15, 0.2) is 27.1 Å². The monoisotopic (exact) mass is 347 g/mol. The zero-order valence-electron chi connectivity index (χ0n) is 9.17. The van der Waals surface area contributed by atoms with E-state index < -0.39 is 0 Å². The van der Waals surface area contributed by atoms with Crippen molar-refractivity contribution < 1.29 is 4.74 Å². The van der Waals surface area contributed by atoms with Crippen molar-refractivity contribution >= 4 is 37.5 Å². The van der Waals surface area contributed by atoms with Crippen molar-refractivity contribution in [3.63, 3.8) is 0 Å². The molecule has 2 nitrogen and oxygen atoms in total. The summed E-state index contributed by atoms with van der Waals surface area (Å²) < 4.78 is 7.74. The Morgan fingerprint density at radius 1 is 1.38 bits per heavy atom. The smallest absolute Gasteiger partial charge is 0.0614 e. The number of hydrogen-bond acceptors (Lipinski definition) is 2. The van der Waals surface area contributed by atoms with E-state index >= 15 is 0 Å². The molecule has 0 aliphatic heterocycles. The molecule has 88 valence electrons. The van der Waals surface area contributed by atoms with Crippen LogP contribution in [0.3, 0.4) is 0 Å². The largest absolute Gasteiger partial charge is 0.381 e. The van der Waals surface area contributed by atoms with Gasteiger partial charge in [-0.2, -0.15) is 0 Å². The van der Waals surface area contributed by atoms with E-state index in [2.05, 4.69) is 43.2 Å². The van der Waals surface area contributed by atoms with Gasteiger partial charge in [0.2, 0.25) is 0 Å². The molecule has 1 aliphatic carbocycles. The second kappa shape index (κ2) is 5.52. The molecule has 1 N–H and O–H groups in total. The number of nitrogens with one attached hydrogen (secondary N) is 1. The molecular weight excluding hydrogens is 334 g/mol. The third-order valence-corrected chi connectivity index (χ3v) is 3.97. The third kappa shape index (κ3) is 2.99. The molecule has 0 unspecified atom stereocenters. The molecule has 16 heavy (non-hydrogen) atoms. The SMILES string of the molecule is CCOC1CC(Nc2cc(Br)ccc2Br)C1. The first kappa shape index (κ1) is 12.4. The zero-order valence-corrected chi connectivity index (χ0v) is 12.3. The van der Waals surface area contributed by atoms with Gasteiger partial charge in [0.25, 0.3) is 0 Å². The summed E-state index contributed by atoms with van der Waals surface area (Å²) in [6, 6.07) is 6.71. The molecule has 0 saturated heterocycles. The Kier molecular flexibility index (Phi) is 4.27. The standard InChI is InChI=1S/C12H15Br2NO/c1-2-16-10-6-9(7-10)15-12-5-8(13)3-4-11(12)14/h3-5,9-10,15H,2,6-7H2,1H3. The Labute approximate surface area is 113 Å². The average Bonchev–Trinajstić information content (AvgIpc) is 2.20. The molecule has 1 aliphatic rings. The normalized spacial score (nSPS) is 23.9. The van der Waals surface area contributed by atoms with E-state index in [4.69, 9.17) is 4.74 Å². The maximum Gasteiger partial charge on any atom is 0.0614 e. The summed E-state index contributed by atoms with van der Waals surface area (Å²) in [5, 5.41) is 3.52. The van der Waals surface area contributed by atoms with Crippen molar-refractivity contribution in [3.8, 4) is 0 Å². The Hall–Kier alpha value is -0.0600. The highest BCUT2D eigenvalue weighted by molar-refractivity contribution is 9.11. The fraction of sp³-hybridized carbons (Fsp3) is 0.500. The maximum absolute atomic E-state index is 5.54. The molecule has 0 aromatic heterocycles. The summed E-state index contributed by atoms with van der Waals surface area (Å²) >= 11 is 7.02. The molecule has 1 aromatic carbocycles. The number of halogens is 2. The number of anilines is 1. The van der Waals surface area contributed by atoms with Gasteiger partial charge in [-0.3, -0.25) is 0 Å². The molecule has 1 fully saturated rings. The molecular formula is C12H15Br2NO. The van der Waals surface area contributed by atoms with Crippen LogP contribution in [0.25, 0.3) is 0 Å². The highest BCUT2D eigenvalue weighted by atomic mass is 79.9. The van der Waals surface area contributed by atoms with Crippen molar-refractivity contribution in [2.45, 2.75) is 31.9 Å². The first-order chi connectivity index (χ1) is 7.69. The van der Waals surface area contributed by atoms with E-state index in [1.807, 2.05) is 19.1 Å². The minimum atomic E-state index is 0.452. The molecule has 2 rings (SSSR count). The first-order valence-electron chi connectivity index (χ1n) is 5.52. The Balaban J connectivity index is 1.89. The van der Waals surface area contributed by atoms with E-state index in [9.17, 15) is 0 Å². The van der Waals surface area contributed by atoms with Crippen LogP contribution in [0.1, 0.15) is 19.8 Å². The van der Waals surface area contributed by atoms with Gasteiger partial charge in [0, 0.05) is 27.3 Å². The third-order valence-electron chi connectivity index (χ3n) is 2.79. The Morgan fingerprint density at radius 2 is 2.12 bits per heavy atom. The molecule has 0 heterocycles. The van der Waals surface area contributed by atoms with Crippen molar-refractivity contribution in [3.05, 3.63) is 27.1 Å². The topological polar surface area (TPSA) is 21.3 Å². The van der Waals surface area contributed by atoms with Crippen LogP contribution in [-0.2, 0) is 4.74 Å². The lowest BCUT2D eigenvalue weighted by molar-refractivity contribution is 0.00298. The van der Waals surface area contributed by atoms with E-state index in [0.29, 0.717) is 12.1 Å². The lowest BCUT2D eigenvalue weighted by Crippen LogP contribution is -2.40. The van der Waals surface area contributed by atoms with Gasteiger partial charge >= 0.3 is 0 Å². The zero-order chi connectivity index (χ0) is 11.5. The van der Waals surface area contributed by atoms with Gasteiger partial charge in [-0.25, -0.2) is 0 Å². The predicted octanol–water partition coefficient (Wildman–Crippen LogP) is 4.19. The Bertz CT molecular complexity index is 364. The number of hydrogen-bond donors (Lipinski definition) is 1. The van der Waals surface area contributed by atoms with E-state index in [-0.39, 0.29) is 0 Å². The second-order valence-electron chi connectivity index (χ2n) is 4.01. The van der Waals surface area contributed by atoms with Gasteiger partial charge in [-0.1, -0.05) is 15.9 Å². The van der Waals surface area contributed by atoms with E-state index in [1.54, 1.807) is 0 Å².